The molecule has 1 fully saturated rings. The highest BCUT2D eigenvalue weighted by Crippen LogP contribution is 2.29. The van der Waals surface area contributed by atoms with Gasteiger partial charge < -0.3 is 18.9 Å². The molecule has 0 saturated carbocycles. The van der Waals surface area contributed by atoms with Crippen LogP contribution in [0.15, 0.2) is 65.8 Å². The Balaban J connectivity index is 1.71. The lowest BCUT2D eigenvalue weighted by atomic mass is 10.1. The van der Waals surface area contributed by atoms with E-state index in [4.69, 9.17) is 24.5 Å². The van der Waals surface area contributed by atoms with Gasteiger partial charge in [0.2, 0.25) is 0 Å². The topological polar surface area (TPSA) is 120 Å². The molecule has 0 bridgehead atoms. The number of azide groups is 1. The molecule has 1 saturated heterocycles. The van der Waals surface area contributed by atoms with Gasteiger partial charge in [0.25, 0.3) is 0 Å². The minimum Gasteiger partial charge on any atom is -0.459 e. The van der Waals surface area contributed by atoms with E-state index in [1.807, 2.05) is 0 Å². The highest BCUT2D eigenvalue weighted by Gasteiger charge is 2.47. The fourth-order valence-electron chi connectivity index (χ4n) is 2.94. The molecule has 0 aliphatic carbocycles. The fraction of sp³-hybridized carbons (Fsp3) is 0.300. The molecule has 0 radical (unpaired) electrons. The third-order valence-corrected chi connectivity index (χ3v) is 4.35. The summed E-state index contributed by atoms with van der Waals surface area (Å²) in [7, 11) is 1.37. The molecular weight excluding hydrogens is 378 g/mol. The van der Waals surface area contributed by atoms with Crippen molar-refractivity contribution in [1.29, 1.82) is 0 Å². The molecule has 1 aliphatic heterocycles. The predicted octanol–water partition coefficient (Wildman–Crippen LogP) is 3.12. The van der Waals surface area contributed by atoms with Crippen LogP contribution in [0.4, 0.5) is 0 Å². The van der Waals surface area contributed by atoms with Gasteiger partial charge in [-0.25, -0.2) is 9.59 Å². The maximum Gasteiger partial charge on any atom is 0.338 e. The molecule has 2 aromatic carbocycles. The molecule has 0 aromatic heterocycles. The number of ether oxygens (including phenoxy) is 4. The summed E-state index contributed by atoms with van der Waals surface area (Å²) in [5.74, 6) is -1.16. The Morgan fingerprint density at radius 2 is 1.62 bits per heavy atom. The predicted molar refractivity (Wildman–Crippen MR) is 101 cm³/mol. The third-order valence-electron chi connectivity index (χ3n) is 4.35. The van der Waals surface area contributed by atoms with Crippen molar-refractivity contribution < 1.29 is 28.5 Å². The van der Waals surface area contributed by atoms with Gasteiger partial charge in [-0.05, 0) is 29.8 Å². The minimum absolute atomic E-state index is 0.198. The van der Waals surface area contributed by atoms with Crippen molar-refractivity contribution in [1.82, 2.24) is 0 Å². The van der Waals surface area contributed by atoms with Crippen LogP contribution in [0, 0.1) is 0 Å². The lowest BCUT2D eigenvalue weighted by Crippen LogP contribution is -2.37. The van der Waals surface area contributed by atoms with Gasteiger partial charge in [0.1, 0.15) is 18.8 Å². The van der Waals surface area contributed by atoms with Gasteiger partial charge in [-0.1, -0.05) is 41.5 Å². The second-order valence-corrected chi connectivity index (χ2v) is 6.17. The zero-order chi connectivity index (χ0) is 20.6. The minimum atomic E-state index is -0.996. The van der Waals surface area contributed by atoms with E-state index in [0.29, 0.717) is 11.1 Å². The van der Waals surface area contributed by atoms with Crippen molar-refractivity contribution in [2.24, 2.45) is 5.11 Å². The average Bonchev–Trinajstić information content (AvgIpc) is 3.09. The van der Waals surface area contributed by atoms with Gasteiger partial charge in [-0.15, -0.1) is 0 Å². The highest BCUT2D eigenvalue weighted by molar-refractivity contribution is 5.89. The molecule has 0 spiro atoms. The van der Waals surface area contributed by atoms with E-state index in [1.54, 1.807) is 60.7 Å². The zero-order valence-corrected chi connectivity index (χ0v) is 15.6. The third kappa shape index (κ3) is 4.91. The van der Waals surface area contributed by atoms with Crippen LogP contribution in [0.2, 0.25) is 0 Å². The molecular formula is C20H19N3O6. The average molecular weight is 397 g/mol. The Bertz CT molecular complexity index is 886. The van der Waals surface area contributed by atoms with Gasteiger partial charge in [0, 0.05) is 12.0 Å². The normalized spacial score (nSPS) is 23.1. The summed E-state index contributed by atoms with van der Waals surface area (Å²) in [6, 6.07) is 15.9. The summed E-state index contributed by atoms with van der Waals surface area (Å²) < 4.78 is 21.7. The summed E-state index contributed by atoms with van der Waals surface area (Å²) in [4.78, 5) is 27.4. The standard InChI is InChI=1S/C20H19N3O6/c1-26-20-17(29-19(25)14-10-6-3-7-11-14)16(22-23-21)15(28-20)12-27-18(24)13-8-4-2-5-9-13/h2-11,15-17,20H,12H2,1H3/t15-,16-,17-,20?/m1/s1. The van der Waals surface area contributed by atoms with Crippen LogP contribution in [0.3, 0.4) is 0 Å². The molecule has 1 unspecified atom stereocenters. The van der Waals surface area contributed by atoms with Gasteiger partial charge >= 0.3 is 11.9 Å². The Morgan fingerprint density at radius 3 is 2.17 bits per heavy atom. The van der Waals surface area contributed by atoms with Crippen LogP contribution in [-0.2, 0) is 18.9 Å². The molecule has 2 aromatic rings. The highest BCUT2D eigenvalue weighted by atomic mass is 16.7. The molecule has 4 atom stereocenters. The Labute approximate surface area is 166 Å². The molecule has 9 heteroatoms. The quantitative estimate of drug-likeness (QED) is 0.306. The number of nitrogens with zero attached hydrogens (tertiary/aromatic N) is 3. The van der Waals surface area contributed by atoms with Crippen LogP contribution < -0.4 is 0 Å². The lowest BCUT2D eigenvalue weighted by molar-refractivity contribution is -0.154. The van der Waals surface area contributed by atoms with Crippen LogP contribution in [0.1, 0.15) is 20.7 Å². The molecule has 150 valence electrons. The van der Waals surface area contributed by atoms with E-state index in [2.05, 4.69) is 10.0 Å². The van der Waals surface area contributed by atoms with E-state index < -0.39 is 36.5 Å². The van der Waals surface area contributed by atoms with Crippen molar-refractivity contribution in [3.8, 4) is 0 Å². The first-order chi connectivity index (χ1) is 14.1. The molecule has 29 heavy (non-hydrogen) atoms. The molecule has 9 nitrogen and oxygen atoms in total. The summed E-state index contributed by atoms with van der Waals surface area (Å²) in [5, 5.41) is 3.69. The lowest BCUT2D eigenvalue weighted by Gasteiger charge is -2.20. The van der Waals surface area contributed by atoms with Crippen molar-refractivity contribution in [3.63, 3.8) is 0 Å². The van der Waals surface area contributed by atoms with Gasteiger partial charge in [-0.3, -0.25) is 0 Å². The number of methoxy groups -OCH3 is 1. The number of carbonyl (C=O) groups is 2. The Kier molecular flexibility index (Phi) is 6.80. The summed E-state index contributed by atoms with van der Waals surface area (Å²) in [6.07, 6.45) is -2.81. The van der Waals surface area contributed by atoms with E-state index in [0.717, 1.165) is 0 Å². The van der Waals surface area contributed by atoms with Crippen LogP contribution in [0.25, 0.3) is 10.4 Å². The molecule has 0 N–H and O–H groups in total. The number of rotatable bonds is 7. The van der Waals surface area contributed by atoms with E-state index in [-0.39, 0.29) is 6.61 Å². The molecule has 1 heterocycles. The second-order valence-electron chi connectivity index (χ2n) is 6.17. The summed E-state index contributed by atoms with van der Waals surface area (Å²) >= 11 is 0. The number of hydrogen-bond donors (Lipinski definition) is 0. The Morgan fingerprint density at radius 1 is 1.03 bits per heavy atom. The first kappa shape index (κ1) is 20.3. The number of carbonyl (C=O) groups excluding carboxylic acids is 2. The first-order valence-electron chi connectivity index (χ1n) is 8.84. The van der Waals surface area contributed by atoms with Crippen molar-refractivity contribution in [2.75, 3.05) is 13.7 Å². The zero-order valence-electron chi connectivity index (χ0n) is 15.6. The second kappa shape index (κ2) is 9.70. The van der Waals surface area contributed by atoms with Gasteiger partial charge in [-0.2, -0.15) is 0 Å². The maximum absolute atomic E-state index is 12.4. The number of benzene rings is 2. The molecule has 1 aliphatic rings. The first-order valence-corrected chi connectivity index (χ1v) is 8.84. The Hall–Kier alpha value is -3.39. The summed E-state index contributed by atoms with van der Waals surface area (Å²) in [6.45, 7) is -0.198. The van der Waals surface area contributed by atoms with Crippen LogP contribution >= 0.6 is 0 Å². The smallest absolute Gasteiger partial charge is 0.338 e. The van der Waals surface area contributed by atoms with Crippen molar-refractivity contribution in [3.05, 3.63) is 82.2 Å². The van der Waals surface area contributed by atoms with Crippen molar-refractivity contribution >= 4 is 11.9 Å². The number of esters is 2. The van der Waals surface area contributed by atoms with Crippen LogP contribution in [-0.4, -0.2) is 50.2 Å². The van der Waals surface area contributed by atoms with Gasteiger partial charge in [0.15, 0.2) is 12.4 Å². The molecule has 3 rings (SSSR count). The largest absolute Gasteiger partial charge is 0.459 e. The van der Waals surface area contributed by atoms with E-state index in [1.165, 1.54) is 7.11 Å². The SMILES string of the molecule is COC1O[C@H](COC(=O)c2ccccc2)[C@@H](N=[N+]=[N-])[C@H]1OC(=O)c1ccccc1. The monoisotopic (exact) mass is 397 g/mol. The van der Waals surface area contributed by atoms with E-state index in [9.17, 15) is 9.59 Å². The number of hydrogen-bond acceptors (Lipinski definition) is 7. The fourth-order valence-corrected chi connectivity index (χ4v) is 2.94. The van der Waals surface area contributed by atoms with E-state index >= 15 is 0 Å². The van der Waals surface area contributed by atoms with Crippen molar-refractivity contribution in [2.45, 2.75) is 24.5 Å². The van der Waals surface area contributed by atoms with Crippen LogP contribution in [0.5, 0.6) is 0 Å². The maximum atomic E-state index is 12.4. The molecule has 0 amide bonds. The van der Waals surface area contributed by atoms with Gasteiger partial charge in [0.05, 0.1) is 11.1 Å². The summed E-state index contributed by atoms with van der Waals surface area (Å²) in [5.41, 5.74) is 9.65.